The van der Waals surface area contributed by atoms with Gasteiger partial charge in [0.2, 0.25) is 5.91 Å². The van der Waals surface area contributed by atoms with Gasteiger partial charge in [0, 0.05) is 26.2 Å². The van der Waals surface area contributed by atoms with E-state index >= 15 is 0 Å². The lowest BCUT2D eigenvalue weighted by Gasteiger charge is -2.36. The summed E-state index contributed by atoms with van der Waals surface area (Å²) in [6.45, 7) is 9.58. The number of likely N-dealkylation sites (N-methyl/N-ethyl adjacent to an activating group) is 1. The summed E-state index contributed by atoms with van der Waals surface area (Å²) in [5.74, 6) is -0.101. The molecule has 0 bridgehead atoms. The highest BCUT2D eigenvalue weighted by Crippen LogP contribution is 2.02. The molecule has 1 rings (SSSR count). The van der Waals surface area contributed by atoms with E-state index in [1.54, 1.807) is 0 Å². The summed E-state index contributed by atoms with van der Waals surface area (Å²) in [6.07, 6.45) is 1.42. The Balaban J connectivity index is 2.33. The predicted molar refractivity (Wildman–Crippen MR) is 56.9 cm³/mol. The van der Waals surface area contributed by atoms with Crippen molar-refractivity contribution in [1.82, 2.24) is 15.1 Å². The molecule has 80 valence electrons. The summed E-state index contributed by atoms with van der Waals surface area (Å²) in [5, 5.41) is 2.86. The van der Waals surface area contributed by atoms with Crippen molar-refractivity contribution in [1.29, 1.82) is 0 Å². The van der Waals surface area contributed by atoms with Gasteiger partial charge >= 0.3 is 0 Å². The van der Waals surface area contributed by atoms with Gasteiger partial charge in [0.05, 0.1) is 6.17 Å². The van der Waals surface area contributed by atoms with Crippen molar-refractivity contribution in [3.8, 4) is 0 Å². The predicted octanol–water partition coefficient (Wildman–Crippen LogP) is -0.118. The van der Waals surface area contributed by atoms with E-state index in [4.69, 9.17) is 0 Å². The van der Waals surface area contributed by atoms with E-state index in [0.29, 0.717) is 0 Å². The van der Waals surface area contributed by atoms with E-state index in [2.05, 4.69) is 28.7 Å². The summed E-state index contributed by atoms with van der Waals surface area (Å²) in [4.78, 5) is 15.6. The van der Waals surface area contributed by atoms with Crippen LogP contribution in [0.1, 0.15) is 6.92 Å². The summed E-state index contributed by atoms with van der Waals surface area (Å²) in [6, 6.07) is 0. The van der Waals surface area contributed by atoms with Crippen LogP contribution in [0, 0.1) is 0 Å². The van der Waals surface area contributed by atoms with Crippen molar-refractivity contribution in [2.75, 3.05) is 33.2 Å². The quantitative estimate of drug-likeness (QED) is 0.641. The maximum absolute atomic E-state index is 11.1. The largest absolute Gasteiger partial charge is 0.337 e. The number of rotatable bonds is 3. The number of hydrogen-bond donors (Lipinski definition) is 1. The number of piperazine rings is 1. The molecule has 0 aromatic rings. The van der Waals surface area contributed by atoms with Gasteiger partial charge in [0.15, 0.2) is 0 Å². The molecule has 0 radical (unpaired) electrons. The van der Waals surface area contributed by atoms with E-state index in [-0.39, 0.29) is 12.1 Å². The van der Waals surface area contributed by atoms with Gasteiger partial charge in [0.25, 0.3) is 0 Å². The third kappa shape index (κ3) is 3.12. The Labute approximate surface area is 85.6 Å². The van der Waals surface area contributed by atoms with Crippen LogP contribution in [0.3, 0.4) is 0 Å². The van der Waals surface area contributed by atoms with Gasteiger partial charge in [-0.3, -0.25) is 9.69 Å². The molecule has 1 unspecified atom stereocenters. The van der Waals surface area contributed by atoms with Crippen LogP contribution in [-0.2, 0) is 4.79 Å². The molecule has 0 aliphatic carbocycles. The van der Waals surface area contributed by atoms with Crippen LogP contribution in [0.5, 0.6) is 0 Å². The van der Waals surface area contributed by atoms with Crippen LogP contribution in [0.15, 0.2) is 12.7 Å². The molecule has 0 spiro atoms. The average molecular weight is 197 g/mol. The van der Waals surface area contributed by atoms with E-state index < -0.39 is 0 Å². The highest BCUT2D eigenvalue weighted by molar-refractivity contribution is 5.86. The second-order valence-corrected chi connectivity index (χ2v) is 3.73. The number of hydrogen-bond acceptors (Lipinski definition) is 3. The monoisotopic (exact) mass is 197 g/mol. The zero-order chi connectivity index (χ0) is 10.6. The molecule has 1 atom stereocenters. The lowest BCUT2D eigenvalue weighted by Crippen LogP contribution is -2.53. The summed E-state index contributed by atoms with van der Waals surface area (Å²) >= 11 is 0. The molecule has 1 N–H and O–H groups in total. The molecule has 0 aromatic carbocycles. The highest BCUT2D eigenvalue weighted by atomic mass is 16.1. The van der Waals surface area contributed by atoms with E-state index in [0.717, 1.165) is 26.2 Å². The van der Waals surface area contributed by atoms with Crippen LogP contribution >= 0.6 is 0 Å². The third-order valence-electron chi connectivity index (χ3n) is 2.62. The SMILES string of the molecule is C=CC(=O)NC(C)N1CCN(C)CC1. The topological polar surface area (TPSA) is 35.6 Å². The van der Waals surface area contributed by atoms with Crippen molar-refractivity contribution in [2.45, 2.75) is 13.1 Å². The molecule has 1 aliphatic heterocycles. The maximum atomic E-state index is 11.1. The van der Waals surface area contributed by atoms with Crippen molar-refractivity contribution in [3.63, 3.8) is 0 Å². The summed E-state index contributed by atoms with van der Waals surface area (Å²) in [5.41, 5.74) is 0. The Kier molecular flexibility index (Phi) is 4.10. The Hall–Kier alpha value is -0.870. The normalized spacial score (nSPS) is 21.6. The fourth-order valence-electron chi connectivity index (χ4n) is 1.57. The first-order valence-electron chi connectivity index (χ1n) is 4.99. The average Bonchev–Trinajstić information content (AvgIpc) is 2.18. The standard InChI is InChI=1S/C10H19N3O/c1-4-10(14)11-9(2)13-7-5-12(3)6-8-13/h4,9H,1,5-8H2,2-3H3,(H,11,14). The molecule has 0 aromatic heterocycles. The lowest BCUT2D eigenvalue weighted by atomic mass is 10.3. The first-order valence-corrected chi connectivity index (χ1v) is 4.99. The zero-order valence-corrected chi connectivity index (χ0v) is 8.99. The van der Waals surface area contributed by atoms with Crippen molar-refractivity contribution in [3.05, 3.63) is 12.7 Å². The molecular weight excluding hydrogens is 178 g/mol. The molecule has 1 saturated heterocycles. The van der Waals surface area contributed by atoms with Crippen LogP contribution in [-0.4, -0.2) is 55.1 Å². The van der Waals surface area contributed by atoms with Crippen molar-refractivity contribution >= 4 is 5.91 Å². The molecule has 1 heterocycles. The number of nitrogens with one attached hydrogen (secondary N) is 1. The Morgan fingerprint density at radius 2 is 2.00 bits per heavy atom. The van der Waals surface area contributed by atoms with Gasteiger partial charge in [-0.1, -0.05) is 6.58 Å². The first-order chi connectivity index (χ1) is 6.63. The fraction of sp³-hybridized carbons (Fsp3) is 0.700. The van der Waals surface area contributed by atoms with Crippen LogP contribution < -0.4 is 5.32 Å². The van der Waals surface area contributed by atoms with E-state index in [9.17, 15) is 4.79 Å². The minimum absolute atomic E-state index is 0.101. The molecule has 4 heteroatoms. The first kappa shape index (κ1) is 11.2. The highest BCUT2D eigenvalue weighted by Gasteiger charge is 2.19. The minimum atomic E-state index is -0.101. The lowest BCUT2D eigenvalue weighted by molar-refractivity contribution is -0.118. The molecule has 1 amide bonds. The molecule has 1 aliphatic rings. The molecular formula is C10H19N3O. The Bertz CT molecular complexity index is 209. The zero-order valence-electron chi connectivity index (χ0n) is 8.99. The van der Waals surface area contributed by atoms with Crippen LogP contribution in [0.2, 0.25) is 0 Å². The summed E-state index contributed by atoms with van der Waals surface area (Å²) < 4.78 is 0. The molecule has 1 fully saturated rings. The van der Waals surface area contributed by atoms with E-state index in [1.807, 2.05) is 6.92 Å². The third-order valence-corrected chi connectivity index (χ3v) is 2.62. The van der Waals surface area contributed by atoms with Crippen LogP contribution in [0.4, 0.5) is 0 Å². The fourth-order valence-corrected chi connectivity index (χ4v) is 1.57. The number of carbonyl (C=O) groups is 1. The van der Waals surface area contributed by atoms with Crippen molar-refractivity contribution in [2.24, 2.45) is 0 Å². The van der Waals surface area contributed by atoms with E-state index in [1.165, 1.54) is 6.08 Å². The van der Waals surface area contributed by atoms with Crippen molar-refractivity contribution < 1.29 is 4.79 Å². The van der Waals surface area contributed by atoms with Gasteiger partial charge in [-0.25, -0.2) is 0 Å². The summed E-state index contributed by atoms with van der Waals surface area (Å²) in [7, 11) is 2.12. The second-order valence-electron chi connectivity index (χ2n) is 3.73. The number of nitrogens with zero attached hydrogens (tertiary/aromatic N) is 2. The van der Waals surface area contributed by atoms with Gasteiger partial charge < -0.3 is 10.2 Å². The minimum Gasteiger partial charge on any atom is -0.337 e. The molecule has 4 nitrogen and oxygen atoms in total. The number of carbonyl (C=O) groups excluding carboxylic acids is 1. The molecule has 14 heavy (non-hydrogen) atoms. The Morgan fingerprint density at radius 3 is 2.50 bits per heavy atom. The van der Waals surface area contributed by atoms with Crippen LogP contribution in [0.25, 0.3) is 0 Å². The van der Waals surface area contributed by atoms with Gasteiger partial charge in [-0.15, -0.1) is 0 Å². The second kappa shape index (κ2) is 5.12. The van der Waals surface area contributed by atoms with Gasteiger partial charge in [0.1, 0.15) is 0 Å². The number of amides is 1. The van der Waals surface area contributed by atoms with Gasteiger partial charge in [-0.05, 0) is 20.0 Å². The van der Waals surface area contributed by atoms with Gasteiger partial charge in [-0.2, -0.15) is 0 Å². The Morgan fingerprint density at radius 1 is 1.43 bits per heavy atom. The smallest absolute Gasteiger partial charge is 0.244 e. The maximum Gasteiger partial charge on any atom is 0.244 e. The molecule has 0 saturated carbocycles.